The van der Waals surface area contributed by atoms with Crippen LogP contribution in [0.15, 0.2) is 54.8 Å². The normalized spacial score (nSPS) is 14.8. The average molecular weight is 609 g/mol. The molecule has 0 aliphatic carbocycles. The molecule has 240 valence electrons. The van der Waals surface area contributed by atoms with E-state index in [-0.39, 0.29) is 11.1 Å². The van der Waals surface area contributed by atoms with Gasteiger partial charge < -0.3 is 19.6 Å². The summed E-state index contributed by atoms with van der Waals surface area (Å²) < 4.78 is 44.8. The number of ether oxygens (including phenoxy) is 1. The zero-order valence-corrected chi connectivity index (χ0v) is 26.8. The van der Waals surface area contributed by atoms with Crippen LogP contribution in [0.2, 0.25) is 0 Å². The lowest BCUT2D eigenvalue weighted by molar-refractivity contribution is -0.108. The third-order valence-electron chi connectivity index (χ3n) is 6.88. The molecule has 2 rings (SSSR count). The molecule has 3 unspecified atom stereocenters. The Morgan fingerprint density at radius 2 is 1.77 bits per heavy atom. The van der Waals surface area contributed by atoms with Gasteiger partial charge in [-0.15, -0.1) is 0 Å². The van der Waals surface area contributed by atoms with Crippen molar-refractivity contribution >= 4 is 18.1 Å². The number of halogens is 3. The number of carbonyl (C=O) groups is 2. The number of alkyl halides is 1. The monoisotopic (exact) mass is 608 g/mol. The molecule has 0 aliphatic rings. The number of hydrogen-bond donors (Lipinski definition) is 1. The SMILES string of the molecule is C/C(F)=C\C(C)F.C=C(F)C(C)c1nn(C(C)(C)C)cc1CN(C)CCC(C)(CN(C=O)c1ccc(C(=O)O)cc1)OC. The fourth-order valence-corrected chi connectivity index (χ4v) is 4.11. The van der Waals surface area contributed by atoms with Crippen molar-refractivity contribution < 1.29 is 32.6 Å². The highest BCUT2D eigenvalue weighted by Crippen LogP contribution is 2.29. The highest BCUT2D eigenvalue weighted by Gasteiger charge is 2.29. The fraction of sp³-hybridized carbons (Fsp3) is 0.531. The zero-order chi connectivity index (χ0) is 33.1. The second kappa shape index (κ2) is 16.4. The number of anilines is 1. The summed E-state index contributed by atoms with van der Waals surface area (Å²) in [5.74, 6) is -2.41. The Balaban J connectivity index is 0.00000117. The molecule has 8 nitrogen and oxygen atoms in total. The summed E-state index contributed by atoms with van der Waals surface area (Å²) in [6, 6.07) is 6.14. The van der Waals surface area contributed by atoms with Crippen LogP contribution >= 0.6 is 0 Å². The number of amides is 1. The summed E-state index contributed by atoms with van der Waals surface area (Å²) >= 11 is 0. The van der Waals surface area contributed by atoms with Crippen LogP contribution in [0, 0.1) is 0 Å². The first kappa shape index (κ1) is 37.6. The van der Waals surface area contributed by atoms with Crippen LogP contribution in [0.4, 0.5) is 18.9 Å². The van der Waals surface area contributed by atoms with Crippen LogP contribution in [0.1, 0.15) is 82.4 Å². The van der Waals surface area contributed by atoms with Crippen LogP contribution in [0.3, 0.4) is 0 Å². The lowest BCUT2D eigenvalue weighted by Crippen LogP contribution is -2.44. The molecule has 1 heterocycles. The van der Waals surface area contributed by atoms with E-state index >= 15 is 0 Å². The van der Waals surface area contributed by atoms with Gasteiger partial charge in [0.25, 0.3) is 0 Å². The molecule has 0 bridgehead atoms. The number of benzene rings is 1. The summed E-state index contributed by atoms with van der Waals surface area (Å²) in [7, 11) is 3.59. The molecule has 0 spiro atoms. The van der Waals surface area contributed by atoms with Gasteiger partial charge >= 0.3 is 5.97 Å². The van der Waals surface area contributed by atoms with E-state index in [9.17, 15) is 22.8 Å². The highest BCUT2D eigenvalue weighted by atomic mass is 19.1. The van der Waals surface area contributed by atoms with E-state index in [2.05, 4.69) is 16.6 Å². The van der Waals surface area contributed by atoms with Gasteiger partial charge in [-0.1, -0.05) is 13.5 Å². The number of methoxy groups -OCH3 is 1. The van der Waals surface area contributed by atoms with E-state index in [1.54, 1.807) is 26.2 Å². The molecule has 1 N–H and O–H groups in total. The molecule has 1 amide bonds. The first-order valence-corrected chi connectivity index (χ1v) is 14.0. The van der Waals surface area contributed by atoms with Gasteiger partial charge in [0.1, 0.15) is 12.0 Å². The predicted octanol–water partition coefficient (Wildman–Crippen LogP) is 7.03. The Labute approximate surface area is 253 Å². The van der Waals surface area contributed by atoms with Crippen molar-refractivity contribution in [2.24, 2.45) is 0 Å². The number of rotatable bonds is 14. The number of hydrogen-bond acceptors (Lipinski definition) is 5. The highest BCUT2D eigenvalue weighted by molar-refractivity contribution is 5.88. The molecule has 43 heavy (non-hydrogen) atoms. The maximum absolute atomic E-state index is 14.0. The van der Waals surface area contributed by atoms with Gasteiger partial charge in [0.05, 0.1) is 40.7 Å². The molecular weight excluding hydrogens is 561 g/mol. The fourth-order valence-electron chi connectivity index (χ4n) is 4.11. The van der Waals surface area contributed by atoms with Crippen molar-refractivity contribution in [3.63, 3.8) is 0 Å². The van der Waals surface area contributed by atoms with Crippen LogP contribution in [-0.4, -0.2) is 71.2 Å². The molecule has 0 aliphatic heterocycles. The lowest BCUT2D eigenvalue weighted by atomic mass is 9.99. The number of carboxylic acid groups (broad SMARTS) is 1. The van der Waals surface area contributed by atoms with E-state index in [1.807, 2.05) is 45.6 Å². The third kappa shape index (κ3) is 12.4. The van der Waals surface area contributed by atoms with Gasteiger partial charge in [0.2, 0.25) is 6.41 Å². The molecule has 0 radical (unpaired) electrons. The van der Waals surface area contributed by atoms with Crippen molar-refractivity contribution in [1.29, 1.82) is 0 Å². The number of allylic oxidation sites excluding steroid dienone is 3. The van der Waals surface area contributed by atoms with E-state index in [0.29, 0.717) is 37.4 Å². The summed E-state index contributed by atoms with van der Waals surface area (Å²) in [6.07, 6.45) is 3.06. The minimum atomic E-state index is -1.16. The van der Waals surface area contributed by atoms with Crippen LogP contribution in [0.25, 0.3) is 0 Å². The second-order valence-corrected chi connectivity index (χ2v) is 12.0. The molecule has 3 atom stereocenters. The smallest absolute Gasteiger partial charge is 0.335 e. The number of aromatic nitrogens is 2. The molecule has 0 saturated heterocycles. The summed E-state index contributed by atoms with van der Waals surface area (Å²) in [5.41, 5.74) is 1.46. The van der Waals surface area contributed by atoms with Gasteiger partial charge in [-0.3, -0.25) is 9.48 Å². The summed E-state index contributed by atoms with van der Waals surface area (Å²) in [6.45, 7) is 17.3. The van der Waals surface area contributed by atoms with Crippen LogP contribution in [0.5, 0.6) is 0 Å². The van der Waals surface area contributed by atoms with E-state index in [0.717, 1.165) is 18.0 Å². The Kier molecular flexibility index (Phi) is 14.4. The van der Waals surface area contributed by atoms with Crippen LogP contribution in [-0.2, 0) is 21.6 Å². The quantitative estimate of drug-likeness (QED) is 0.232. The standard InChI is InChI=1S/C27H39FN4O4.C5H8F2/c1-19(20(2)28)24-22(16-32(29-24)26(3,4)5)15-30(7)14-13-27(6,36-8)17-31(18-33)23-11-9-21(10-12-23)25(34)35;1-4(6)3-5(2)7/h9-12,16,18-19H,2,13-15,17H2,1,3-8H3,(H,34,35);3-4H,1-2H3/b;5-3+. The largest absolute Gasteiger partial charge is 0.478 e. The van der Waals surface area contributed by atoms with Gasteiger partial charge in [-0.2, -0.15) is 5.10 Å². The van der Waals surface area contributed by atoms with Gasteiger partial charge in [0.15, 0.2) is 0 Å². The molecule has 11 heteroatoms. The molecule has 0 saturated carbocycles. The number of aromatic carboxylic acids is 1. The van der Waals surface area contributed by atoms with Crippen molar-refractivity contribution in [1.82, 2.24) is 14.7 Å². The molecule has 1 aromatic carbocycles. The molecular formula is C32H47F3N4O4. The zero-order valence-electron chi connectivity index (χ0n) is 26.8. The Bertz CT molecular complexity index is 1230. The Hall–Kier alpha value is -3.44. The first-order valence-electron chi connectivity index (χ1n) is 14.0. The maximum atomic E-state index is 14.0. The van der Waals surface area contributed by atoms with E-state index in [4.69, 9.17) is 9.84 Å². The van der Waals surface area contributed by atoms with E-state index in [1.165, 1.54) is 30.9 Å². The molecule has 0 fully saturated rings. The van der Waals surface area contributed by atoms with Crippen molar-refractivity contribution in [3.05, 3.63) is 71.6 Å². The second-order valence-electron chi connectivity index (χ2n) is 12.0. The summed E-state index contributed by atoms with van der Waals surface area (Å²) in [5, 5.41) is 13.8. The average Bonchev–Trinajstić information content (AvgIpc) is 3.34. The lowest BCUT2D eigenvalue weighted by Gasteiger charge is -2.34. The Morgan fingerprint density at radius 3 is 2.16 bits per heavy atom. The topological polar surface area (TPSA) is 87.9 Å². The van der Waals surface area contributed by atoms with Crippen molar-refractivity contribution in [3.8, 4) is 0 Å². The van der Waals surface area contributed by atoms with Crippen molar-refractivity contribution in [2.75, 3.05) is 32.1 Å². The first-order chi connectivity index (χ1) is 19.8. The number of nitrogens with zero attached hydrogens (tertiary/aromatic N) is 4. The Morgan fingerprint density at radius 1 is 1.19 bits per heavy atom. The number of carbonyl (C=O) groups excluding carboxylic acids is 1. The minimum Gasteiger partial charge on any atom is -0.478 e. The predicted molar refractivity (Wildman–Crippen MR) is 164 cm³/mol. The van der Waals surface area contributed by atoms with Gasteiger partial charge in [-0.25, -0.2) is 18.0 Å². The molecule has 2 aromatic rings. The number of carboxylic acids is 1. The van der Waals surface area contributed by atoms with Crippen molar-refractivity contribution in [2.45, 2.75) is 84.7 Å². The maximum Gasteiger partial charge on any atom is 0.335 e. The third-order valence-corrected chi connectivity index (χ3v) is 6.88. The van der Waals surface area contributed by atoms with Gasteiger partial charge in [-0.05, 0) is 85.4 Å². The van der Waals surface area contributed by atoms with Gasteiger partial charge in [0, 0.05) is 37.6 Å². The minimum absolute atomic E-state index is 0.153. The van der Waals surface area contributed by atoms with Crippen LogP contribution < -0.4 is 4.90 Å². The molecule has 1 aromatic heterocycles. The summed E-state index contributed by atoms with van der Waals surface area (Å²) in [4.78, 5) is 26.6. The van der Waals surface area contributed by atoms with E-state index < -0.39 is 35.3 Å².